The van der Waals surface area contributed by atoms with Crippen LogP contribution in [0.15, 0.2) is 88.5 Å². The van der Waals surface area contributed by atoms with Gasteiger partial charge in [-0.15, -0.1) is 10.2 Å². The highest BCUT2D eigenvalue weighted by molar-refractivity contribution is 9.10. The molecule has 1 amide bonds. The summed E-state index contributed by atoms with van der Waals surface area (Å²) in [6.45, 7) is 0. The number of carbonyl (C=O) groups is 2. The van der Waals surface area contributed by atoms with Crippen molar-refractivity contribution in [3.05, 3.63) is 93.9 Å². The Morgan fingerprint density at radius 3 is 2.47 bits per heavy atom. The lowest BCUT2D eigenvalue weighted by molar-refractivity contribution is -0.113. The third-order valence-corrected chi connectivity index (χ3v) is 6.16. The molecule has 0 aliphatic carbocycles. The molecule has 1 aromatic heterocycles. The van der Waals surface area contributed by atoms with Gasteiger partial charge < -0.3 is 5.32 Å². The molecule has 0 radical (unpaired) electrons. The normalized spacial score (nSPS) is 10.7. The van der Waals surface area contributed by atoms with E-state index >= 15 is 0 Å². The summed E-state index contributed by atoms with van der Waals surface area (Å²) < 4.78 is 2.16. The minimum atomic E-state index is -0.322. The first-order valence-electron chi connectivity index (χ1n) is 9.51. The van der Waals surface area contributed by atoms with Gasteiger partial charge in [-0.05, 0) is 42.5 Å². The van der Waals surface area contributed by atoms with E-state index in [9.17, 15) is 9.59 Å². The maximum atomic E-state index is 13.4. The summed E-state index contributed by atoms with van der Waals surface area (Å²) in [5.41, 5.74) is 1.72. The van der Waals surface area contributed by atoms with Gasteiger partial charge in [0.2, 0.25) is 5.91 Å². The first-order valence-corrected chi connectivity index (χ1v) is 11.7. The van der Waals surface area contributed by atoms with Gasteiger partial charge in [0.1, 0.15) is 0 Å². The number of nitrogens with zero attached hydrogens (tertiary/aromatic N) is 3. The van der Waals surface area contributed by atoms with Crippen LogP contribution in [0.25, 0.3) is 11.4 Å². The molecule has 0 bridgehead atoms. The lowest BCUT2D eigenvalue weighted by atomic mass is 10.2. The highest BCUT2D eigenvalue weighted by Gasteiger charge is 2.23. The van der Waals surface area contributed by atoms with E-state index < -0.39 is 0 Å². The SMILES string of the molecule is O=C(CSc1nnc(-c2ccccc2Cl)n1C(=O)c1cccc(Br)c1)Nc1ccccc1. The van der Waals surface area contributed by atoms with Crippen molar-refractivity contribution in [3.63, 3.8) is 0 Å². The van der Waals surface area contributed by atoms with Crippen molar-refractivity contribution in [1.29, 1.82) is 0 Å². The van der Waals surface area contributed by atoms with Gasteiger partial charge in [0.15, 0.2) is 11.0 Å². The van der Waals surface area contributed by atoms with E-state index in [1.54, 1.807) is 48.5 Å². The molecular weight excluding hydrogens is 512 g/mol. The molecule has 1 N–H and O–H groups in total. The Hall–Kier alpha value is -2.94. The molecule has 0 saturated carbocycles. The van der Waals surface area contributed by atoms with Crippen LogP contribution in [0.4, 0.5) is 5.69 Å². The molecule has 0 aliphatic heterocycles. The van der Waals surface area contributed by atoms with E-state index in [2.05, 4.69) is 31.4 Å². The van der Waals surface area contributed by atoms with Crippen LogP contribution in [0.5, 0.6) is 0 Å². The molecule has 0 saturated heterocycles. The van der Waals surface area contributed by atoms with E-state index in [-0.39, 0.29) is 17.6 Å². The van der Waals surface area contributed by atoms with Crippen molar-refractivity contribution in [2.24, 2.45) is 0 Å². The van der Waals surface area contributed by atoms with Crippen LogP contribution in [0, 0.1) is 0 Å². The molecular formula is C23H16BrClN4O2S. The zero-order valence-electron chi connectivity index (χ0n) is 16.5. The Balaban J connectivity index is 1.65. The van der Waals surface area contributed by atoms with Gasteiger partial charge in [-0.3, -0.25) is 9.59 Å². The average molecular weight is 528 g/mol. The number of thioether (sulfide) groups is 1. The molecule has 0 fully saturated rings. The lowest BCUT2D eigenvalue weighted by Crippen LogP contribution is -2.17. The minimum Gasteiger partial charge on any atom is -0.325 e. The third kappa shape index (κ3) is 5.09. The second-order valence-corrected chi connectivity index (χ2v) is 8.91. The predicted molar refractivity (Wildman–Crippen MR) is 130 cm³/mol. The number of hydrogen-bond donors (Lipinski definition) is 1. The Morgan fingerprint density at radius 1 is 0.969 bits per heavy atom. The topological polar surface area (TPSA) is 76.9 Å². The van der Waals surface area contributed by atoms with E-state index in [0.29, 0.717) is 32.8 Å². The van der Waals surface area contributed by atoms with Crippen molar-refractivity contribution in [2.45, 2.75) is 5.16 Å². The summed E-state index contributed by atoms with van der Waals surface area (Å²) in [6.07, 6.45) is 0. The molecule has 160 valence electrons. The Bertz CT molecular complexity index is 1280. The van der Waals surface area contributed by atoms with Gasteiger partial charge in [0, 0.05) is 21.3 Å². The number of para-hydroxylation sites is 1. The quantitative estimate of drug-likeness (QED) is 0.322. The van der Waals surface area contributed by atoms with Crippen LogP contribution < -0.4 is 5.32 Å². The third-order valence-electron chi connectivity index (χ3n) is 4.41. The van der Waals surface area contributed by atoms with Crippen LogP contribution >= 0.6 is 39.3 Å². The molecule has 32 heavy (non-hydrogen) atoms. The fourth-order valence-electron chi connectivity index (χ4n) is 2.96. The van der Waals surface area contributed by atoms with Gasteiger partial charge in [-0.1, -0.05) is 75.7 Å². The van der Waals surface area contributed by atoms with Crippen LogP contribution in [0.1, 0.15) is 10.4 Å². The first kappa shape index (κ1) is 22.3. The highest BCUT2D eigenvalue weighted by atomic mass is 79.9. The van der Waals surface area contributed by atoms with Crippen LogP contribution in [0.3, 0.4) is 0 Å². The number of carbonyl (C=O) groups excluding carboxylic acids is 2. The Morgan fingerprint density at radius 2 is 1.72 bits per heavy atom. The van der Waals surface area contributed by atoms with Gasteiger partial charge in [-0.2, -0.15) is 0 Å². The Kier molecular flexibility index (Phi) is 7.04. The fraction of sp³-hybridized carbons (Fsp3) is 0.0435. The number of hydrogen-bond acceptors (Lipinski definition) is 5. The average Bonchev–Trinajstić information content (AvgIpc) is 3.22. The zero-order valence-corrected chi connectivity index (χ0v) is 19.7. The number of benzene rings is 3. The zero-order chi connectivity index (χ0) is 22.5. The van der Waals surface area contributed by atoms with E-state index in [4.69, 9.17) is 11.6 Å². The van der Waals surface area contributed by atoms with Crippen molar-refractivity contribution in [1.82, 2.24) is 14.8 Å². The molecule has 3 aromatic carbocycles. The molecule has 0 atom stereocenters. The lowest BCUT2D eigenvalue weighted by Gasteiger charge is -2.10. The maximum absolute atomic E-state index is 13.4. The molecule has 0 unspecified atom stereocenters. The van der Waals surface area contributed by atoms with Crippen molar-refractivity contribution in [2.75, 3.05) is 11.1 Å². The van der Waals surface area contributed by atoms with Gasteiger partial charge in [0.25, 0.3) is 5.91 Å². The number of halogens is 2. The molecule has 6 nitrogen and oxygen atoms in total. The number of nitrogens with one attached hydrogen (secondary N) is 1. The van der Waals surface area contributed by atoms with Crippen molar-refractivity contribution < 1.29 is 9.59 Å². The van der Waals surface area contributed by atoms with Crippen molar-refractivity contribution >= 4 is 56.8 Å². The summed E-state index contributed by atoms with van der Waals surface area (Å²) in [6, 6.07) is 23.3. The standard InChI is InChI=1S/C23H16BrClN4O2S/c24-16-8-6-7-15(13-16)22(31)29-21(18-11-4-5-12-19(18)25)27-28-23(29)32-14-20(30)26-17-9-2-1-3-10-17/h1-13H,14H2,(H,26,30). The summed E-state index contributed by atoms with van der Waals surface area (Å²) in [7, 11) is 0. The molecule has 9 heteroatoms. The number of amides is 1. The summed E-state index contributed by atoms with van der Waals surface area (Å²) >= 11 is 10.9. The van der Waals surface area contributed by atoms with Crippen LogP contribution in [-0.4, -0.2) is 32.3 Å². The molecule has 4 rings (SSSR count). The van der Waals surface area contributed by atoms with Gasteiger partial charge >= 0.3 is 0 Å². The van der Waals surface area contributed by atoms with E-state index in [1.165, 1.54) is 4.57 Å². The minimum absolute atomic E-state index is 0.0569. The summed E-state index contributed by atoms with van der Waals surface area (Å²) in [5.74, 6) is -0.171. The van der Waals surface area contributed by atoms with Crippen LogP contribution in [-0.2, 0) is 4.79 Å². The second-order valence-electron chi connectivity index (χ2n) is 6.64. The predicted octanol–water partition coefficient (Wildman–Crippen LogP) is 5.78. The monoisotopic (exact) mass is 526 g/mol. The largest absolute Gasteiger partial charge is 0.325 e. The van der Waals surface area contributed by atoms with E-state index in [0.717, 1.165) is 16.2 Å². The fourth-order valence-corrected chi connectivity index (χ4v) is 4.31. The molecule has 1 heterocycles. The number of rotatable bonds is 6. The first-order chi connectivity index (χ1) is 15.5. The molecule has 0 aliphatic rings. The second kappa shape index (κ2) is 10.1. The smallest absolute Gasteiger partial charge is 0.265 e. The van der Waals surface area contributed by atoms with Crippen LogP contribution in [0.2, 0.25) is 5.02 Å². The van der Waals surface area contributed by atoms with E-state index in [1.807, 2.05) is 30.3 Å². The van der Waals surface area contributed by atoms with Crippen molar-refractivity contribution in [3.8, 4) is 11.4 Å². The van der Waals surface area contributed by atoms with Gasteiger partial charge in [-0.25, -0.2) is 4.57 Å². The van der Waals surface area contributed by atoms with Gasteiger partial charge in [0.05, 0.1) is 10.8 Å². The Labute approximate surface area is 202 Å². The summed E-state index contributed by atoms with van der Waals surface area (Å²) in [5, 5.41) is 12.0. The highest BCUT2D eigenvalue weighted by Crippen LogP contribution is 2.30. The maximum Gasteiger partial charge on any atom is 0.265 e. The number of aromatic nitrogens is 3. The summed E-state index contributed by atoms with van der Waals surface area (Å²) in [4.78, 5) is 25.8. The number of anilines is 1. The molecule has 0 spiro atoms. The molecule has 4 aromatic rings.